The lowest BCUT2D eigenvalue weighted by Gasteiger charge is -2.29. The first-order chi connectivity index (χ1) is 14.7. The van der Waals surface area contributed by atoms with Crippen molar-refractivity contribution in [3.05, 3.63) is 59.7 Å². The highest BCUT2D eigenvalue weighted by Crippen LogP contribution is 2.40. The van der Waals surface area contributed by atoms with Gasteiger partial charge in [-0.2, -0.15) is 0 Å². The van der Waals surface area contributed by atoms with Crippen LogP contribution in [0, 0.1) is 5.92 Å². The Balaban J connectivity index is 1.29. The van der Waals surface area contributed by atoms with Crippen molar-refractivity contribution < 1.29 is 9.53 Å². The zero-order chi connectivity index (χ0) is 20.9. The number of aryl methyl sites for hydroxylation is 1. The number of hydrogen-bond acceptors (Lipinski definition) is 5. The summed E-state index contributed by atoms with van der Waals surface area (Å²) in [6, 6.07) is 16.7. The van der Waals surface area contributed by atoms with Gasteiger partial charge in [-0.25, -0.2) is 10.9 Å². The number of fused-ring (bicyclic) bond motifs is 3. The molecule has 6 nitrogen and oxygen atoms in total. The molecule has 2 aromatic rings. The number of hydrazine groups is 1. The van der Waals surface area contributed by atoms with Crippen LogP contribution in [0.15, 0.2) is 48.5 Å². The molecule has 1 aliphatic heterocycles. The van der Waals surface area contributed by atoms with Crippen LogP contribution < -0.4 is 25.8 Å². The summed E-state index contributed by atoms with van der Waals surface area (Å²) < 4.78 is 5.36. The molecular formula is C24H32N4O2. The van der Waals surface area contributed by atoms with E-state index < -0.39 is 0 Å². The molecule has 160 valence electrons. The van der Waals surface area contributed by atoms with Crippen LogP contribution in [0.1, 0.15) is 36.9 Å². The average molecular weight is 409 g/mol. The summed E-state index contributed by atoms with van der Waals surface area (Å²) in [5.74, 6) is 1.25. The van der Waals surface area contributed by atoms with Crippen molar-refractivity contribution in [3.63, 3.8) is 0 Å². The molecule has 3 N–H and O–H groups in total. The van der Waals surface area contributed by atoms with E-state index in [4.69, 9.17) is 4.74 Å². The van der Waals surface area contributed by atoms with E-state index in [0.29, 0.717) is 6.54 Å². The van der Waals surface area contributed by atoms with Crippen molar-refractivity contribution in [3.8, 4) is 5.75 Å². The van der Waals surface area contributed by atoms with Crippen molar-refractivity contribution in [2.45, 2.75) is 38.3 Å². The molecule has 1 amide bonds. The number of ether oxygens (including phenoxy) is 1. The fraction of sp³-hybridized carbons (Fsp3) is 0.458. The summed E-state index contributed by atoms with van der Waals surface area (Å²) in [5.41, 5.74) is 10.4. The fourth-order valence-corrected chi connectivity index (χ4v) is 4.74. The molecule has 3 atom stereocenters. The van der Waals surface area contributed by atoms with E-state index >= 15 is 0 Å². The summed E-state index contributed by atoms with van der Waals surface area (Å²) in [6.45, 7) is 4.74. The Kier molecular flexibility index (Phi) is 6.55. The molecule has 1 fully saturated rings. The van der Waals surface area contributed by atoms with Gasteiger partial charge in [-0.1, -0.05) is 24.3 Å². The van der Waals surface area contributed by atoms with Gasteiger partial charge in [0, 0.05) is 31.2 Å². The third kappa shape index (κ3) is 4.30. The molecule has 0 aromatic heterocycles. The smallest absolute Gasteiger partial charge is 0.238 e. The molecular weight excluding hydrogens is 376 g/mol. The number of hydrogen-bond donors (Lipinski definition) is 3. The lowest BCUT2D eigenvalue weighted by molar-refractivity contribution is -0.123. The van der Waals surface area contributed by atoms with Crippen LogP contribution in [0.4, 0.5) is 5.69 Å². The van der Waals surface area contributed by atoms with Crippen LogP contribution in [0.3, 0.4) is 0 Å². The first-order valence-corrected chi connectivity index (χ1v) is 11.0. The quantitative estimate of drug-likeness (QED) is 0.586. The lowest BCUT2D eigenvalue weighted by Crippen LogP contribution is -2.46. The molecule has 30 heavy (non-hydrogen) atoms. The molecule has 1 heterocycles. The average Bonchev–Trinajstić information content (AvgIpc) is 3.24. The van der Waals surface area contributed by atoms with Crippen molar-refractivity contribution >= 4 is 11.6 Å². The maximum absolute atomic E-state index is 12.8. The van der Waals surface area contributed by atoms with E-state index in [1.54, 1.807) is 7.11 Å². The number of nitrogens with zero attached hydrogens (tertiary/aromatic N) is 1. The van der Waals surface area contributed by atoms with Crippen molar-refractivity contribution in [2.24, 2.45) is 5.92 Å². The second-order valence-corrected chi connectivity index (χ2v) is 8.07. The number of nitrogens with one attached hydrogen (secondary N) is 3. The van der Waals surface area contributed by atoms with E-state index in [2.05, 4.69) is 64.4 Å². The third-order valence-corrected chi connectivity index (χ3v) is 6.37. The Morgan fingerprint density at radius 1 is 1.20 bits per heavy atom. The predicted octanol–water partition coefficient (Wildman–Crippen LogP) is 2.81. The number of amides is 1. The monoisotopic (exact) mass is 408 g/mol. The SMILES string of the molecule is CCN(CCCNC(=O)C1NNC2c3ccc(OC)cc3CCC12)c1ccccc1. The number of methoxy groups -OCH3 is 1. The Morgan fingerprint density at radius 3 is 2.80 bits per heavy atom. The Labute approximate surface area is 179 Å². The summed E-state index contributed by atoms with van der Waals surface area (Å²) in [7, 11) is 1.70. The number of rotatable bonds is 8. The van der Waals surface area contributed by atoms with Crippen LogP contribution in [0.2, 0.25) is 0 Å². The first kappa shape index (κ1) is 20.7. The predicted molar refractivity (Wildman–Crippen MR) is 120 cm³/mol. The van der Waals surface area contributed by atoms with Crippen LogP contribution in [0.5, 0.6) is 5.75 Å². The molecule has 2 aromatic carbocycles. The summed E-state index contributed by atoms with van der Waals surface area (Å²) in [4.78, 5) is 15.2. The maximum atomic E-state index is 12.8. The normalized spacial score (nSPS) is 22.1. The molecule has 1 saturated heterocycles. The standard InChI is InChI=1S/C24H32N4O2/c1-3-28(18-8-5-4-6-9-18)15-7-14-25-24(29)23-21-12-10-17-16-19(30-2)11-13-20(17)22(21)26-27-23/h4-6,8-9,11,13,16,21-23,26-27H,3,7,10,12,14-15H2,1-2H3,(H,25,29). The van der Waals surface area contributed by atoms with Crippen molar-refractivity contribution in [2.75, 3.05) is 31.6 Å². The summed E-state index contributed by atoms with van der Waals surface area (Å²) in [6.07, 6.45) is 2.88. The molecule has 0 spiro atoms. The van der Waals surface area contributed by atoms with E-state index in [1.807, 2.05) is 12.1 Å². The molecule has 0 saturated carbocycles. The lowest BCUT2D eigenvalue weighted by atomic mass is 9.77. The molecule has 2 aliphatic rings. The van der Waals surface area contributed by atoms with Gasteiger partial charge in [0.25, 0.3) is 0 Å². The molecule has 6 heteroatoms. The van der Waals surface area contributed by atoms with Gasteiger partial charge in [-0.05, 0) is 61.6 Å². The highest BCUT2D eigenvalue weighted by Gasteiger charge is 2.43. The van der Waals surface area contributed by atoms with Crippen molar-refractivity contribution in [1.29, 1.82) is 0 Å². The van der Waals surface area contributed by atoms with Gasteiger partial charge in [-0.15, -0.1) is 0 Å². The van der Waals surface area contributed by atoms with E-state index in [-0.39, 0.29) is 23.9 Å². The molecule has 4 rings (SSSR count). The topological polar surface area (TPSA) is 65.6 Å². The zero-order valence-corrected chi connectivity index (χ0v) is 17.9. The molecule has 0 radical (unpaired) electrons. The van der Waals surface area contributed by atoms with E-state index in [9.17, 15) is 4.79 Å². The zero-order valence-electron chi connectivity index (χ0n) is 17.9. The maximum Gasteiger partial charge on any atom is 0.238 e. The van der Waals surface area contributed by atoms with Gasteiger partial charge in [0.2, 0.25) is 5.91 Å². The third-order valence-electron chi connectivity index (χ3n) is 6.37. The number of benzene rings is 2. The molecule has 3 unspecified atom stereocenters. The number of carbonyl (C=O) groups excluding carboxylic acids is 1. The number of para-hydroxylation sites is 1. The van der Waals surface area contributed by atoms with Crippen LogP contribution in [-0.4, -0.2) is 38.7 Å². The highest BCUT2D eigenvalue weighted by molar-refractivity contribution is 5.82. The van der Waals surface area contributed by atoms with E-state index in [0.717, 1.165) is 38.1 Å². The fourth-order valence-electron chi connectivity index (χ4n) is 4.74. The second-order valence-electron chi connectivity index (χ2n) is 8.07. The minimum Gasteiger partial charge on any atom is -0.497 e. The molecule has 0 bridgehead atoms. The second kappa shape index (κ2) is 9.49. The van der Waals surface area contributed by atoms with Crippen LogP contribution in [0.25, 0.3) is 0 Å². The largest absolute Gasteiger partial charge is 0.497 e. The number of carbonyl (C=O) groups is 1. The van der Waals surface area contributed by atoms with Gasteiger partial charge in [0.05, 0.1) is 13.2 Å². The van der Waals surface area contributed by atoms with Gasteiger partial charge in [-0.3, -0.25) is 4.79 Å². The minimum atomic E-state index is -0.193. The van der Waals surface area contributed by atoms with Crippen LogP contribution >= 0.6 is 0 Å². The van der Waals surface area contributed by atoms with Crippen LogP contribution in [-0.2, 0) is 11.2 Å². The first-order valence-electron chi connectivity index (χ1n) is 11.0. The van der Waals surface area contributed by atoms with Gasteiger partial charge >= 0.3 is 0 Å². The Hall–Kier alpha value is -2.57. The van der Waals surface area contributed by atoms with Gasteiger partial charge in [0.15, 0.2) is 0 Å². The summed E-state index contributed by atoms with van der Waals surface area (Å²) in [5, 5.41) is 3.14. The Morgan fingerprint density at radius 2 is 2.03 bits per heavy atom. The van der Waals surface area contributed by atoms with E-state index in [1.165, 1.54) is 16.8 Å². The number of anilines is 1. The Bertz CT molecular complexity index is 858. The highest BCUT2D eigenvalue weighted by atomic mass is 16.5. The minimum absolute atomic E-state index is 0.0923. The molecule has 1 aliphatic carbocycles. The van der Waals surface area contributed by atoms with Gasteiger partial charge < -0.3 is 15.0 Å². The summed E-state index contributed by atoms with van der Waals surface area (Å²) >= 11 is 0. The van der Waals surface area contributed by atoms with Gasteiger partial charge in [0.1, 0.15) is 11.8 Å². The van der Waals surface area contributed by atoms with Crippen molar-refractivity contribution in [1.82, 2.24) is 16.2 Å².